The highest BCUT2D eigenvalue weighted by molar-refractivity contribution is 7.10. The summed E-state index contributed by atoms with van der Waals surface area (Å²) in [4.78, 5) is 1.27. The molecule has 4 heteroatoms. The van der Waals surface area contributed by atoms with Gasteiger partial charge in [-0.05, 0) is 43.0 Å². The van der Waals surface area contributed by atoms with E-state index in [1.165, 1.54) is 17.7 Å². The van der Waals surface area contributed by atoms with Gasteiger partial charge in [0.15, 0.2) is 0 Å². The summed E-state index contributed by atoms with van der Waals surface area (Å²) in [5.74, 6) is 6.57. The Labute approximate surface area is 107 Å². The highest BCUT2D eigenvalue weighted by Crippen LogP contribution is 2.43. The van der Waals surface area contributed by atoms with Crippen molar-refractivity contribution in [2.24, 2.45) is 11.8 Å². The molecule has 0 bridgehead atoms. The van der Waals surface area contributed by atoms with Crippen molar-refractivity contribution in [3.05, 3.63) is 22.4 Å². The van der Waals surface area contributed by atoms with Crippen LogP contribution in [0, 0.1) is 5.92 Å². The Morgan fingerprint density at radius 2 is 2.24 bits per heavy atom. The molecule has 1 aromatic heterocycles. The highest BCUT2D eigenvalue weighted by Gasteiger charge is 2.42. The van der Waals surface area contributed by atoms with Gasteiger partial charge in [0.05, 0.1) is 11.6 Å². The number of methoxy groups -OCH3 is 1. The molecule has 1 saturated carbocycles. The standard InChI is InChI=1S/C13H22N2OS/c1-10-5-7-13(16-2,8-6-10)12(15-14)11-4-3-9-17-11/h3-4,9-10,12,15H,5-8,14H2,1-2H3. The Bertz CT molecular complexity index is 331. The van der Waals surface area contributed by atoms with Crippen LogP contribution in [0.5, 0.6) is 0 Å². The fourth-order valence-corrected chi connectivity index (χ4v) is 3.70. The number of rotatable bonds is 4. The number of hydrogen-bond acceptors (Lipinski definition) is 4. The minimum absolute atomic E-state index is 0.111. The number of thiophene rings is 1. The lowest BCUT2D eigenvalue weighted by molar-refractivity contribution is -0.0753. The van der Waals surface area contributed by atoms with Crippen molar-refractivity contribution in [3.8, 4) is 0 Å². The molecule has 2 rings (SSSR count). The van der Waals surface area contributed by atoms with Crippen LogP contribution >= 0.6 is 11.3 Å². The van der Waals surface area contributed by atoms with Gasteiger partial charge in [0, 0.05) is 12.0 Å². The van der Waals surface area contributed by atoms with E-state index in [9.17, 15) is 0 Å². The first-order chi connectivity index (χ1) is 8.22. The molecule has 0 radical (unpaired) electrons. The molecule has 1 fully saturated rings. The van der Waals surface area contributed by atoms with E-state index < -0.39 is 0 Å². The molecule has 17 heavy (non-hydrogen) atoms. The molecule has 3 nitrogen and oxygen atoms in total. The molecule has 0 saturated heterocycles. The maximum atomic E-state index is 5.87. The third-order valence-corrected chi connectivity index (χ3v) is 4.98. The van der Waals surface area contributed by atoms with Crippen LogP contribution in [0.3, 0.4) is 0 Å². The zero-order chi connectivity index (χ0) is 12.3. The molecule has 0 aromatic carbocycles. The molecule has 1 unspecified atom stereocenters. The monoisotopic (exact) mass is 254 g/mol. The first-order valence-corrected chi connectivity index (χ1v) is 7.14. The van der Waals surface area contributed by atoms with E-state index in [0.29, 0.717) is 0 Å². The van der Waals surface area contributed by atoms with Crippen molar-refractivity contribution in [1.29, 1.82) is 0 Å². The van der Waals surface area contributed by atoms with Crippen molar-refractivity contribution in [3.63, 3.8) is 0 Å². The van der Waals surface area contributed by atoms with Gasteiger partial charge in [-0.25, -0.2) is 5.43 Å². The van der Waals surface area contributed by atoms with Crippen LogP contribution in [0.2, 0.25) is 0 Å². The van der Waals surface area contributed by atoms with Crippen LogP contribution < -0.4 is 11.3 Å². The van der Waals surface area contributed by atoms with E-state index in [2.05, 4.69) is 29.9 Å². The zero-order valence-corrected chi connectivity index (χ0v) is 11.4. The second-order valence-corrected chi connectivity index (χ2v) is 6.05. The van der Waals surface area contributed by atoms with Crippen molar-refractivity contribution in [2.75, 3.05) is 7.11 Å². The number of nitrogens with one attached hydrogen (secondary N) is 1. The number of hydrogen-bond donors (Lipinski definition) is 2. The molecular formula is C13H22N2OS. The maximum Gasteiger partial charge on any atom is 0.0893 e. The fourth-order valence-electron chi connectivity index (χ4n) is 2.81. The molecule has 0 spiro atoms. The van der Waals surface area contributed by atoms with E-state index in [1.54, 1.807) is 11.3 Å². The predicted octanol–water partition coefficient (Wildman–Crippen LogP) is 2.85. The molecule has 0 aliphatic heterocycles. The van der Waals surface area contributed by atoms with Crippen LogP contribution in [0.4, 0.5) is 0 Å². The second kappa shape index (κ2) is 5.48. The minimum atomic E-state index is -0.133. The molecule has 96 valence electrons. The third-order valence-electron chi connectivity index (χ3n) is 4.05. The quantitative estimate of drug-likeness (QED) is 0.641. The van der Waals surface area contributed by atoms with Gasteiger partial charge in [-0.3, -0.25) is 5.84 Å². The van der Waals surface area contributed by atoms with Gasteiger partial charge in [0.25, 0.3) is 0 Å². The van der Waals surface area contributed by atoms with Gasteiger partial charge in [-0.2, -0.15) is 0 Å². The molecule has 1 atom stereocenters. The van der Waals surface area contributed by atoms with E-state index in [4.69, 9.17) is 10.6 Å². The van der Waals surface area contributed by atoms with Crippen molar-refractivity contribution in [1.82, 2.24) is 5.43 Å². The summed E-state index contributed by atoms with van der Waals surface area (Å²) in [5.41, 5.74) is 2.83. The molecule has 0 amide bonds. The third kappa shape index (κ3) is 2.55. The van der Waals surface area contributed by atoms with Crippen molar-refractivity contribution in [2.45, 2.75) is 44.2 Å². The Morgan fingerprint density at radius 3 is 2.71 bits per heavy atom. The lowest BCUT2D eigenvalue weighted by atomic mass is 9.75. The van der Waals surface area contributed by atoms with Crippen LogP contribution in [0.1, 0.15) is 43.5 Å². The Hall–Kier alpha value is -0.420. The summed E-state index contributed by atoms with van der Waals surface area (Å²) < 4.78 is 5.87. The lowest BCUT2D eigenvalue weighted by Gasteiger charge is -2.43. The molecule has 1 heterocycles. The normalized spacial score (nSPS) is 31.4. The van der Waals surface area contributed by atoms with Gasteiger partial charge < -0.3 is 4.74 Å². The minimum Gasteiger partial charge on any atom is -0.376 e. The summed E-state index contributed by atoms with van der Waals surface area (Å²) in [6, 6.07) is 4.31. The fraction of sp³-hybridized carbons (Fsp3) is 0.692. The first-order valence-electron chi connectivity index (χ1n) is 6.26. The van der Waals surface area contributed by atoms with Gasteiger partial charge >= 0.3 is 0 Å². The SMILES string of the molecule is COC1(C(NN)c2cccs2)CCC(C)CC1. The summed E-state index contributed by atoms with van der Waals surface area (Å²) in [6.07, 6.45) is 4.60. The second-order valence-electron chi connectivity index (χ2n) is 5.07. The average molecular weight is 254 g/mol. The van der Waals surface area contributed by atoms with Crippen molar-refractivity contribution < 1.29 is 4.74 Å². The summed E-state index contributed by atoms with van der Waals surface area (Å²) >= 11 is 1.74. The van der Waals surface area contributed by atoms with Gasteiger partial charge in [0.1, 0.15) is 0 Å². The van der Waals surface area contributed by atoms with E-state index >= 15 is 0 Å². The van der Waals surface area contributed by atoms with Gasteiger partial charge in [0.2, 0.25) is 0 Å². The van der Waals surface area contributed by atoms with E-state index in [0.717, 1.165) is 18.8 Å². The van der Waals surface area contributed by atoms with Crippen LogP contribution in [0.25, 0.3) is 0 Å². The largest absolute Gasteiger partial charge is 0.376 e. The Morgan fingerprint density at radius 1 is 1.53 bits per heavy atom. The first kappa shape index (κ1) is 13.0. The molecule has 3 N–H and O–H groups in total. The number of nitrogens with two attached hydrogens (primary N) is 1. The van der Waals surface area contributed by atoms with Crippen LogP contribution in [-0.2, 0) is 4.74 Å². The van der Waals surface area contributed by atoms with E-state index in [1.807, 2.05) is 7.11 Å². The number of hydrazine groups is 1. The van der Waals surface area contributed by atoms with Gasteiger partial charge in [-0.1, -0.05) is 13.0 Å². The van der Waals surface area contributed by atoms with Crippen molar-refractivity contribution >= 4 is 11.3 Å². The van der Waals surface area contributed by atoms with Crippen LogP contribution in [0.15, 0.2) is 17.5 Å². The van der Waals surface area contributed by atoms with E-state index in [-0.39, 0.29) is 11.6 Å². The van der Waals surface area contributed by atoms with Gasteiger partial charge in [-0.15, -0.1) is 11.3 Å². The smallest absolute Gasteiger partial charge is 0.0893 e. The molecule has 1 aliphatic rings. The number of ether oxygens (including phenoxy) is 1. The summed E-state index contributed by atoms with van der Waals surface area (Å²) in [7, 11) is 1.81. The highest BCUT2D eigenvalue weighted by atomic mass is 32.1. The predicted molar refractivity (Wildman–Crippen MR) is 71.8 cm³/mol. The molecule has 1 aromatic rings. The molecular weight excluding hydrogens is 232 g/mol. The topological polar surface area (TPSA) is 47.3 Å². The summed E-state index contributed by atoms with van der Waals surface area (Å²) in [6.45, 7) is 2.32. The van der Waals surface area contributed by atoms with Crippen LogP contribution in [-0.4, -0.2) is 12.7 Å². The summed E-state index contributed by atoms with van der Waals surface area (Å²) in [5, 5.41) is 2.09. The Kier molecular flexibility index (Phi) is 4.20. The maximum absolute atomic E-state index is 5.87. The average Bonchev–Trinajstić information content (AvgIpc) is 2.86. The zero-order valence-electron chi connectivity index (χ0n) is 10.6. The Balaban J connectivity index is 2.21. The lowest BCUT2D eigenvalue weighted by Crippen LogP contribution is -2.49. The molecule has 1 aliphatic carbocycles.